The molecule has 1 atom stereocenters. The summed E-state index contributed by atoms with van der Waals surface area (Å²) < 4.78 is 25.6. The molecule has 14 heteroatoms. The smallest absolute Gasteiger partial charge is 0.342 e. The molecule has 5 rings (SSSR count). The van der Waals surface area contributed by atoms with Crippen LogP contribution in [0.5, 0.6) is 11.5 Å². The van der Waals surface area contributed by atoms with Gasteiger partial charge in [-0.3, -0.25) is 9.59 Å². The zero-order valence-corrected chi connectivity index (χ0v) is 27.6. The molecule has 2 aliphatic heterocycles. The minimum atomic E-state index is -3.17. The van der Waals surface area contributed by atoms with Crippen LogP contribution >= 0.6 is 23.1 Å². The lowest BCUT2D eigenvalue weighted by Gasteiger charge is -2.19. The second-order valence-electron chi connectivity index (χ2n) is 9.90. The Labute approximate surface area is 275 Å². The van der Waals surface area contributed by atoms with E-state index >= 15 is 0 Å². The second kappa shape index (κ2) is 21.2. The van der Waals surface area contributed by atoms with E-state index in [2.05, 4.69) is 53.2 Å². The first-order valence-electron chi connectivity index (χ1n) is 14.4. The Morgan fingerprint density at radius 1 is 1.07 bits per heavy atom. The highest BCUT2D eigenvalue weighted by Gasteiger charge is 2.27. The van der Waals surface area contributed by atoms with Crippen molar-refractivity contribution in [2.75, 3.05) is 27.2 Å². The van der Waals surface area contributed by atoms with Gasteiger partial charge in [0.1, 0.15) is 24.1 Å². The van der Waals surface area contributed by atoms with Crippen LogP contribution in [-0.4, -0.2) is 74.7 Å². The van der Waals surface area contributed by atoms with Crippen molar-refractivity contribution in [3.05, 3.63) is 69.4 Å². The van der Waals surface area contributed by atoms with Crippen molar-refractivity contribution < 1.29 is 37.8 Å². The summed E-state index contributed by atoms with van der Waals surface area (Å²) in [5.41, 5.74) is 2.48. The van der Waals surface area contributed by atoms with E-state index in [-0.39, 0.29) is 18.5 Å². The van der Waals surface area contributed by atoms with E-state index in [1.54, 1.807) is 23.1 Å². The van der Waals surface area contributed by atoms with E-state index in [0.717, 1.165) is 50.0 Å². The standard InChI is InChI=1S/C13H10OS.C10H16N2OS.C8H12N2O3.CH2F2O/c1-9-6-7-13-11(8-9)14-10-4-2-3-5-12(10)15-13;1-11-6-8-5-9(7-12-2)14-10(8)3-4-13;11-5-7-2-1-3-10(7)8(13)4-9-6-12;2-1(3)4/h2-8H,1H3;4-5,11-12H,3,6-7H2,1-2H3;5-7H,1-4H2,(H,9,12);1,4H. The van der Waals surface area contributed by atoms with Crippen molar-refractivity contribution in [3.63, 3.8) is 0 Å². The largest absolute Gasteiger partial charge is 0.455 e. The average Bonchev–Trinajstić information content (AvgIpc) is 3.67. The lowest BCUT2D eigenvalue weighted by Crippen LogP contribution is -2.41. The van der Waals surface area contributed by atoms with E-state index in [1.807, 2.05) is 32.3 Å². The van der Waals surface area contributed by atoms with Crippen LogP contribution in [0, 0.1) is 6.92 Å². The third kappa shape index (κ3) is 13.0. The maximum Gasteiger partial charge on any atom is 0.342 e. The van der Waals surface area contributed by atoms with Crippen molar-refractivity contribution in [1.29, 1.82) is 0 Å². The molecule has 0 spiro atoms. The molecule has 0 saturated carbocycles. The Hall–Kier alpha value is -3.69. The van der Waals surface area contributed by atoms with Gasteiger partial charge in [0.25, 0.3) is 0 Å². The Balaban J connectivity index is 0.000000227. The van der Waals surface area contributed by atoms with E-state index < -0.39 is 6.61 Å². The molecule has 1 unspecified atom stereocenters. The molecule has 1 fully saturated rings. The lowest BCUT2D eigenvalue weighted by molar-refractivity contribution is -0.134. The van der Waals surface area contributed by atoms with Crippen LogP contribution in [0.4, 0.5) is 8.78 Å². The molecule has 0 bridgehead atoms. The van der Waals surface area contributed by atoms with Crippen molar-refractivity contribution in [2.24, 2.45) is 0 Å². The predicted octanol–water partition coefficient (Wildman–Crippen LogP) is 4.30. The van der Waals surface area contributed by atoms with Crippen LogP contribution in [0.15, 0.2) is 58.3 Å². The molecule has 1 aromatic heterocycles. The summed E-state index contributed by atoms with van der Waals surface area (Å²) in [6.45, 7) is 1.22. The highest BCUT2D eigenvalue weighted by Crippen LogP contribution is 2.46. The average molecular weight is 679 g/mol. The number of halogens is 2. The van der Waals surface area contributed by atoms with Crippen LogP contribution < -0.4 is 20.7 Å². The Bertz CT molecular complexity index is 1410. The first-order valence-corrected chi connectivity index (χ1v) is 16.1. The van der Waals surface area contributed by atoms with Gasteiger partial charge in [-0.25, -0.2) is 0 Å². The number of hydrogen-bond acceptors (Lipinski definition) is 10. The number of thiophene rings is 1. The summed E-state index contributed by atoms with van der Waals surface area (Å²) in [5.74, 6) is 1.74. The van der Waals surface area contributed by atoms with Crippen molar-refractivity contribution >= 4 is 48.0 Å². The fourth-order valence-corrected chi connectivity index (χ4v) is 6.57. The Morgan fingerprint density at radius 2 is 1.76 bits per heavy atom. The van der Waals surface area contributed by atoms with Gasteiger partial charge >= 0.3 is 6.61 Å². The SMILES string of the molecule is CNCc1cc(CNC)c(CC=O)s1.Cc1ccc2c(c1)Oc1ccccc1S2.O=CNCC(=O)N1CCCC1C=O.OC(F)F. The number of amides is 2. The summed E-state index contributed by atoms with van der Waals surface area (Å²) in [7, 11) is 3.84. The number of likely N-dealkylation sites (tertiary alicyclic amines) is 1. The highest BCUT2D eigenvalue weighted by atomic mass is 32.2. The number of para-hydroxylation sites is 1. The number of aliphatic hydroxyl groups is 1. The molecule has 3 aromatic rings. The first-order chi connectivity index (χ1) is 22.2. The van der Waals surface area contributed by atoms with Gasteiger partial charge in [-0.05, 0) is 75.3 Å². The molecule has 2 amide bonds. The number of hydrogen-bond donors (Lipinski definition) is 4. The van der Waals surface area contributed by atoms with Crippen molar-refractivity contribution in [1.82, 2.24) is 20.9 Å². The van der Waals surface area contributed by atoms with Gasteiger partial charge in [-0.15, -0.1) is 11.3 Å². The van der Waals surface area contributed by atoms with Gasteiger partial charge < -0.3 is 40.3 Å². The molecule has 46 heavy (non-hydrogen) atoms. The summed E-state index contributed by atoms with van der Waals surface area (Å²) in [4.78, 5) is 48.6. The third-order valence-electron chi connectivity index (χ3n) is 6.44. The molecule has 250 valence electrons. The number of aliphatic hydroxyl groups excluding tert-OH is 1. The number of aryl methyl sites for hydroxylation is 1. The minimum absolute atomic E-state index is 0.0200. The number of alkyl halides is 2. The van der Waals surface area contributed by atoms with E-state index in [4.69, 9.17) is 9.84 Å². The molecule has 0 radical (unpaired) electrons. The Morgan fingerprint density at radius 3 is 2.41 bits per heavy atom. The topological polar surface area (TPSA) is 137 Å². The number of fused-ring (bicyclic) bond motifs is 2. The number of carbonyl (C=O) groups excluding carboxylic acids is 4. The maximum atomic E-state index is 11.3. The van der Waals surface area contributed by atoms with Gasteiger partial charge in [0, 0.05) is 35.8 Å². The number of ether oxygens (including phenoxy) is 1. The molecule has 2 aromatic carbocycles. The fourth-order valence-electron chi connectivity index (χ4n) is 4.49. The molecule has 10 nitrogen and oxygen atoms in total. The normalized spacial score (nSPS) is 14.1. The van der Waals surface area contributed by atoms with Gasteiger partial charge in [0.2, 0.25) is 12.3 Å². The van der Waals surface area contributed by atoms with Crippen LogP contribution in [0.3, 0.4) is 0 Å². The molecule has 1 saturated heterocycles. The van der Waals surface area contributed by atoms with Gasteiger partial charge in [0.15, 0.2) is 0 Å². The fraction of sp³-hybridized carbons (Fsp3) is 0.375. The number of aldehydes is 2. The van der Waals surface area contributed by atoms with Gasteiger partial charge in [-0.1, -0.05) is 30.0 Å². The number of rotatable bonds is 10. The summed E-state index contributed by atoms with van der Waals surface area (Å²) in [5, 5.41) is 15.2. The third-order valence-corrected chi connectivity index (χ3v) is 8.75. The molecule has 2 aliphatic rings. The number of nitrogens with one attached hydrogen (secondary N) is 3. The zero-order valence-electron chi connectivity index (χ0n) is 26.0. The number of nitrogens with zero attached hydrogens (tertiary/aromatic N) is 1. The monoisotopic (exact) mass is 678 g/mol. The minimum Gasteiger partial charge on any atom is -0.455 e. The molecule has 4 N–H and O–H groups in total. The molecular weight excluding hydrogens is 639 g/mol. The van der Waals surface area contributed by atoms with E-state index in [9.17, 15) is 28.0 Å². The van der Waals surface area contributed by atoms with E-state index in [0.29, 0.717) is 19.4 Å². The predicted molar refractivity (Wildman–Crippen MR) is 175 cm³/mol. The maximum absolute atomic E-state index is 11.3. The second-order valence-corrected chi connectivity index (χ2v) is 12.2. The van der Waals surface area contributed by atoms with Crippen LogP contribution in [-0.2, 0) is 38.7 Å². The first kappa shape index (κ1) is 38.5. The summed E-state index contributed by atoms with van der Waals surface area (Å²) in [6, 6.07) is 16.3. The van der Waals surface area contributed by atoms with Crippen molar-refractivity contribution in [2.45, 2.75) is 61.7 Å². The van der Waals surface area contributed by atoms with Gasteiger partial charge in [-0.2, -0.15) is 8.78 Å². The van der Waals surface area contributed by atoms with Gasteiger partial charge in [0.05, 0.1) is 22.4 Å². The molecular formula is C32H40F2N4O6S2. The van der Waals surface area contributed by atoms with Crippen LogP contribution in [0.2, 0.25) is 0 Å². The number of benzene rings is 2. The summed E-state index contributed by atoms with van der Waals surface area (Å²) >= 11 is 3.48. The molecule has 3 heterocycles. The molecule has 0 aliphatic carbocycles. The Kier molecular flexibility index (Phi) is 17.7. The summed E-state index contributed by atoms with van der Waals surface area (Å²) in [6.07, 6.45) is 4.35. The van der Waals surface area contributed by atoms with Crippen LogP contribution in [0.25, 0.3) is 0 Å². The quantitative estimate of drug-likeness (QED) is 0.181. The number of carbonyl (C=O) groups is 4. The van der Waals surface area contributed by atoms with Crippen molar-refractivity contribution in [3.8, 4) is 11.5 Å². The zero-order chi connectivity index (χ0) is 33.9. The lowest BCUT2D eigenvalue weighted by atomic mass is 10.2. The van der Waals surface area contributed by atoms with Crippen LogP contribution in [0.1, 0.15) is 33.7 Å². The van der Waals surface area contributed by atoms with E-state index in [1.165, 1.54) is 35.6 Å². The highest BCUT2D eigenvalue weighted by molar-refractivity contribution is 7.99.